The number of rotatable bonds is 5. The molecule has 2 aromatic rings. The Balaban J connectivity index is 2.29. The third-order valence-electron chi connectivity index (χ3n) is 3.03. The molecule has 1 aromatic carbocycles. The molecule has 0 amide bonds. The molecule has 20 heavy (non-hydrogen) atoms. The highest BCUT2D eigenvalue weighted by atomic mass is 16.6. The molecule has 0 aliphatic carbocycles. The van der Waals surface area contributed by atoms with Crippen molar-refractivity contribution in [1.29, 1.82) is 0 Å². The van der Waals surface area contributed by atoms with E-state index in [1.807, 2.05) is 6.92 Å². The van der Waals surface area contributed by atoms with Crippen LogP contribution in [0.1, 0.15) is 18.9 Å². The maximum atomic E-state index is 12.0. The van der Waals surface area contributed by atoms with Crippen LogP contribution in [0.5, 0.6) is 0 Å². The molecule has 1 heterocycles. The molecule has 7 nitrogen and oxygen atoms in total. The van der Waals surface area contributed by atoms with Gasteiger partial charge in [0.1, 0.15) is 5.69 Å². The molecule has 2 rings (SSSR count). The zero-order valence-electron chi connectivity index (χ0n) is 11.2. The molecule has 0 fully saturated rings. The average Bonchev–Trinajstić information content (AvgIpc) is 2.74. The fourth-order valence-electron chi connectivity index (χ4n) is 2.03. The van der Waals surface area contributed by atoms with Crippen LogP contribution in [0.15, 0.2) is 35.4 Å². The van der Waals surface area contributed by atoms with Gasteiger partial charge in [0.05, 0.1) is 11.5 Å². The van der Waals surface area contributed by atoms with Gasteiger partial charge in [-0.3, -0.25) is 19.2 Å². The minimum atomic E-state index is -0.524. The summed E-state index contributed by atoms with van der Waals surface area (Å²) in [4.78, 5) is 22.3. The molecular formula is C13H16N4O3. The number of anilines is 1. The molecule has 7 heteroatoms. The number of nitrogen functional groups attached to an aromatic ring is 1. The summed E-state index contributed by atoms with van der Waals surface area (Å²) in [5.74, 6) is 0. The Bertz CT molecular complexity index is 687. The van der Waals surface area contributed by atoms with Crippen molar-refractivity contribution in [3.63, 3.8) is 0 Å². The number of imidazole rings is 1. The number of nitrogens with two attached hydrogens (primary N) is 1. The lowest BCUT2D eigenvalue weighted by Crippen LogP contribution is -2.24. The first-order valence-corrected chi connectivity index (χ1v) is 6.31. The second-order valence-electron chi connectivity index (χ2n) is 4.55. The largest absolute Gasteiger partial charge is 0.393 e. The Labute approximate surface area is 115 Å². The van der Waals surface area contributed by atoms with E-state index in [1.165, 1.54) is 16.7 Å². The van der Waals surface area contributed by atoms with Gasteiger partial charge in [0.2, 0.25) is 0 Å². The Hall–Kier alpha value is -2.57. The van der Waals surface area contributed by atoms with Gasteiger partial charge in [-0.15, -0.1) is 0 Å². The number of nitrogens with zero attached hydrogens (tertiary/aromatic N) is 3. The molecule has 0 aliphatic heterocycles. The lowest BCUT2D eigenvalue weighted by atomic mass is 10.2. The zero-order chi connectivity index (χ0) is 14.7. The summed E-state index contributed by atoms with van der Waals surface area (Å²) in [6, 6.07) is 4.58. The SMILES string of the molecule is CCCn1ccn(Cc2ccc(N)c([N+](=O)[O-])c2)c1=O. The van der Waals surface area contributed by atoms with Crippen molar-refractivity contribution >= 4 is 11.4 Å². The van der Waals surface area contributed by atoms with Gasteiger partial charge in [-0.2, -0.15) is 0 Å². The molecule has 0 atom stereocenters. The minimum Gasteiger partial charge on any atom is -0.393 e. The van der Waals surface area contributed by atoms with Crippen molar-refractivity contribution in [2.75, 3.05) is 5.73 Å². The van der Waals surface area contributed by atoms with Gasteiger partial charge in [-0.05, 0) is 18.1 Å². The fourth-order valence-corrected chi connectivity index (χ4v) is 2.03. The van der Waals surface area contributed by atoms with E-state index in [4.69, 9.17) is 5.73 Å². The Morgan fingerprint density at radius 3 is 2.65 bits per heavy atom. The van der Waals surface area contributed by atoms with Crippen molar-refractivity contribution in [2.45, 2.75) is 26.4 Å². The highest BCUT2D eigenvalue weighted by molar-refractivity contribution is 5.59. The second kappa shape index (κ2) is 5.60. The van der Waals surface area contributed by atoms with E-state index in [0.29, 0.717) is 12.1 Å². The topological polar surface area (TPSA) is 96.1 Å². The maximum Gasteiger partial charge on any atom is 0.328 e. The normalized spacial score (nSPS) is 10.7. The lowest BCUT2D eigenvalue weighted by Gasteiger charge is -2.04. The van der Waals surface area contributed by atoms with Crippen LogP contribution in [-0.2, 0) is 13.1 Å². The van der Waals surface area contributed by atoms with Crippen LogP contribution >= 0.6 is 0 Å². The molecule has 2 N–H and O–H groups in total. The molecular weight excluding hydrogens is 260 g/mol. The third kappa shape index (κ3) is 2.71. The lowest BCUT2D eigenvalue weighted by molar-refractivity contribution is -0.384. The first-order valence-electron chi connectivity index (χ1n) is 6.31. The van der Waals surface area contributed by atoms with E-state index < -0.39 is 4.92 Å². The van der Waals surface area contributed by atoms with Crippen LogP contribution in [0.3, 0.4) is 0 Å². The van der Waals surface area contributed by atoms with Gasteiger partial charge in [-0.25, -0.2) is 4.79 Å². The Kier molecular flexibility index (Phi) is 3.88. The second-order valence-corrected chi connectivity index (χ2v) is 4.55. The summed E-state index contributed by atoms with van der Waals surface area (Å²) in [5.41, 5.74) is 6.08. The number of hydrogen-bond acceptors (Lipinski definition) is 4. The summed E-state index contributed by atoms with van der Waals surface area (Å²) in [7, 11) is 0. The van der Waals surface area contributed by atoms with E-state index in [2.05, 4.69) is 0 Å². The van der Waals surface area contributed by atoms with Crippen molar-refractivity contribution < 1.29 is 4.92 Å². The molecule has 0 radical (unpaired) electrons. The van der Waals surface area contributed by atoms with Gasteiger partial charge >= 0.3 is 5.69 Å². The molecule has 0 saturated carbocycles. The summed E-state index contributed by atoms with van der Waals surface area (Å²) in [6.45, 7) is 2.94. The minimum absolute atomic E-state index is 0.119. The number of aromatic nitrogens is 2. The number of nitro benzene ring substituents is 1. The van der Waals surface area contributed by atoms with Crippen LogP contribution in [0.4, 0.5) is 11.4 Å². The van der Waals surface area contributed by atoms with Crippen molar-refractivity contribution in [1.82, 2.24) is 9.13 Å². The number of aryl methyl sites for hydroxylation is 1. The van der Waals surface area contributed by atoms with Crippen LogP contribution in [-0.4, -0.2) is 14.1 Å². The molecule has 0 spiro atoms. The molecule has 106 valence electrons. The Morgan fingerprint density at radius 1 is 1.30 bits per heavy atom. The molecule has 0 bridgehead atoms. The van der Waals surface area contributed by atoms with Crippen LogP contribution in [0, 0.1) is 10.1 Å². The number of benzene rings is 1. The van der Waals surface area contributed by atoms with Crippen molar-refractivity contribution in [3.8, 4) is 0 Å². The van der Waals surface area contributed by atoms with Gasteiger partial charge in [-0.1, -0.05) is 13.0 Å². The number of hydrogen-bond donors (Lipinski definition) is 1. The van der Waals surface area contributed by atoms with Crippen LogP contribution in [0.25, 0.3) is 0 Å². The summed E-state index contributed by atoms with van der Waals surface area (Å²) < 4.78 is 3.14. The van der Waals surface area contributed by atoms with Crippen LogP contribution in [0.2, 0.25) is 0 Å². The van der Waals surface area contributed by atoms with Crippen molar-refractivity contribution in [3.05, 3.63) is 56.8 Å². The molecule has 0 saturated heterocycles. The highest BCUT2D eigenvalue weighted by Gasteiger charge is 2.12. The smallest absolute Gasteiger partial charge is 0.328 e. The van der Waals surface area contributed by atoms with Gasteiger partial charge in [0, 0.05) is 25.0 Å². The quantitative estimate of drug-likeness (QED) is 0.509. The van der Waals surface area contributed by atoms with Gasteiger partial charge in [0.15, 0.2) is 0 Å². The Morgan fingerprint density at radius 2 is 2.00 bits per heavy atom. The van der Waals surface area contributed by atoms with E-state index >= 15 is 0 Å². The first-order chi connectivity index (χ1) is 9.52. The predicted molar refractivity (Wildman–Crippen MR) is 75.6 cm³/mol. The molecule has 0 unspecified atom stereocenters. The van der Waals surface area contributed by atoms with E-state index in [-0.39, 0.29) is 23.6 Å². The third-order valence-corrected chi connectivity index (χ3v) is 3.03. The molecule has 1 aromatic heterocycles. The summed E-state index contributed by atoms with van der Waals surface area (Å²) in [6.07, 6.45) is 4.27. The standard InChI is InChI=1S/C13H16N4O3/c1-2-5-15-6-7-16(13(15)18)9-10-3-4-11(14)12(8-10)17(19)20/h3-4,6-8H,2,5,9,14H2,1H3. The first kappa shape index (κ1) is 13.9. The number of nitro groups is 1. The van der Waals surface area contributed by atoms with E-state index in [9.17, 15) is 14.9 Å². The monoisotopic (exact) mass is 276 g/mol. The van der Waals surface area contributed by atoms with Crippen LogP contribution < -0.4 is 11.4 Å². The highest BCUT2D eigenvalue weighted by Crippen LogP contribution is 2.22. The summed E-state index contributed by atoms with van der Waals surface area (Å²) >= 11 is 0. The predicted octanol–water partition coefficient (Wildman–Crippen LogP) is 1.60. The fraction of sp³-hybridized carbons (Fsp3) is 0.308. The van der Waals surface area contributed by atoms with Crippen molar-refractivity contribution in [2.24, 2.45) is 0 Å². The van der Waals surface area contributed by atoms with Gasteiger partial charge < -0.3 is 5.73 Å². The maximum absolute atomic E-state index is 12.0. The van der Waals surface area contributed by atoms with E-state index in [1.54, 1.807) is 23.0 Å². The van der Waals surface area contributed by atoms with E-state index in [0.717, 1.165) is 6.42 Å². The summed E-state index contributed by atoms with van der Waals surface area (Å²) in [5, 5.41) is 10.8. The average molecular weight is 276 g/mol. The zero-order valence-corrected chi connectivity index (χ0v) is 11.2. The van der Waals surface area contributed by atoms with Gasteiger partial charge in [0.25, 0.3) is 5.69 Å². The molecule has 0 aliphatic rings.